The van der Waals surface area contributed by atoms with E-state index in [-0.39, 0.29) is 17.8 Å². The van der Waals surface area contributed by atoms with Crippen molar-refractivity contribution in [2.45, 2.75) is 76.8 Å². The summed E-state index contributed by atoms with van der Waals surface area (Å²) in [6.45, 7) is 5.00. The molecular weight excluding hydrogens is 228 g/mol. The van der Waals surface area contributed by atoms with Crippen LogP contribution in [0.2, 0.25) is 0 Å². The molecule has 1 N–H and O–H groups in total. The van der Waals surface area contributed by atoms with Crippen molar-refractivity contribution in [2.75, 3.05) is 6.61 Å². The maximum Gasteiger partial charge on any atom is 0.158 e. The van der Waals surface area contributed by atoms with Crippen molar-refractivity contribution in [3.63, 3.8) is 0 Å². The summed E-state index contributed by atoms with van der Waals surface area (Å²) in [5.41, 5.74) is -0.535. The van der Waals surface area contributed by atoms with Crippen LogP contribution >= 0.6 is 0 Å². The van der Waals surface area contributed by atoms with Crippen LogP contribution in [0.25, 0.3) is 0 Å². The Balaban J connectivity index is 1.88. The Morgan fingerprint density at radius 1 is 1.28 bits per heavy atom. The molecule has 0 radical (unpaired) electrons. The van der Waals surface area contributed by atoms with Crippen molar-refractivity contribution in [3.05, 3.63) is 0 Å². The topological polar surface area (TPSA) is 38.7 Å². The predicted molar refractivity (Wildman–Crippen MR) is 69.2 cm³/mol. The lowest BCUT2D eigenvalue weighted by atomic mass is 9.50. The highest BCUT2D eigenvalue weighted by atomic mass is 16.7. The summed E-state index contributed by atoms with van der Waals surface area (Å²) in [5.74, 6) is 0.562. The zero-order valence-corrected chi connectivity index (χ0v) is 11.7. The fourth-order valence-electron chi connectivity index (χ4n) is 4.76. The van der Waals surface area contributed by atoms with E-state index in [0.29, 0.717) is 12.5 Å². The van der Waals surface area contributed by atoms with Crippen molar-refractivity contribution in [1.29, 1.82) is 0 Å². The molecule has 104 valence electrons. The summed E-state index contributed by atoms with van der Waals surface area (Å²) in [4.78, 5) is 0. The van der Waals surface area contributed by atoms with Crippen molar-refractivity contribution in [3.8, 4) is 0 Å². The lowest BCUT2D eigenvalue weighted by molar-refractivity contribution is -0.310. The van der Waals surface area contributed by atoms with Crippen LogP contribution in [0.15, 0.2) is 0 Å². The summed E-state index contributed by atoms with van der Waals surface area (Å²) >= 11 is 0. The molecule has 18 heavy (non-hydrogen) atoms. The third-order valence-corrected chi connectivity index (χ3v) is 5.86. The minimum atomic E-state index is -0.490. The number of hydrogen-bond acceptors (Lipinski definition) is 3. The molecule has 0 amide bonds. The van der Waals surface area contributed by atoms with Gasteiger partial charge in [0.2, 0.25) is 0 Å². The standard InChI is InChI=1S/C15H26O3/c1-3-17-13-10-11-6-4-8-15(16)9-5-7-12(18-13)14(11,15)2/h11-13,16H,3-10H2,1-2H3/t11-,12-,13+,14-,15+/m1/s1. The number of rotatable bonds is 2. The monoisotopic (exact) mass is 254 g/mol. The van der Waals surface area contributed by atoms with Crippen LogP contribution < -0.4 is 0 Å². The molecule has 3 rings (SSSR count). The van der Waals surface area contributed by atoms with Crippen LogP contribution in [-0.2, 0) is 9.47 Å². The van der Waals surface area contributed by atoms with E-state index in [9.17, 15) is 5.11 Å². The maximum atomic E-state index is 11.1. The Bertz CT molecular complexity index is 295. The highest BCUT2D eigenvalue weighted by molar-refractivity contribution is 5.11. The molecule has 0 bridgehead atoms. The average molecular weight is 254 g/mol. The van der Waals surface area contributed by atoms with Gasteiger partial charge in [0.1, 0.15) is 0 Å². The van der Waals surface area contributed by atoms with Gasteiger partial charge in [-0.2, -0.15) is 0 Å². The van der Waals surface area contributed by atoms with Gasteiger partial charge in [-0.05, 0) is 44.9 Å². The predicted octanol–water partition coefficient (Wildman–Crippen LogP) is 2.86. The SMILES string of the molecule is CCO[C@@H]1C[C@H]2CCC[C@]3(O)CCC[C@@H](O1)[C@@]23C. The van der Waals surface area contributed by atoms with E-state index in [1.54, 1.807) is 0 Å². The van der Waals surface area contributed by atoms with E-state index in [1.165, 1.54) is 6.42 Å². The molecule has 1 heterocycles. The van der Waals surface area contributed by atoms with E-state index in [4.69, 9.17) is 9.47 Å². The summed E-state index contributed by atoms with van der Waals surface area (Å²) < 4.78 is 11.9. The van der Waals surface area contributed by atoms with Crippen LogP contribution in [0.4, 0.5) is 0 Å². The van der Waals surface area contributed by atoms with Gasteiger partial charge in [0.15, 0.2) is 6.29 Å². The first kappa shape index (κ1) is 12.9. The van der Waals surface area contributed by atoms with Crippen LogP contribution in [0.3, 0.4) is 0 Å². The van der Waals surface area contributed by atoms with Gasteiger partial charge in [0.25, 0.3) is 0 Å². The maximum absolute atomic E-state index is 11.1. The van der Waals surface area contributed by atoms with Gasteiger partial charge < -0.3 is 14.6 Å². The summed E-state index contributed by atoms with van der Waals surface area (Å²) in [6.07, 6.45) is 7.57. The summed E-state index contributed by atoms with van der Waals surface area (Å²) in [5, 5.41) is 11.1. The molecule has 2 saturated carbocycles. The van der Waals surface area contributed by atoms with Gasteiger partial charge in [-0.3, -0.25) is 0 Å². The van der Waals surface area contributed by atoms with E-state index < -0.39 is 5.60 Å². The zero-order chi connectivity index (χ0) is 12.8. The third-order valence-electron chi connectivity index (χ3n) is 5.86. The number of ether oxygens (including phenoxy) is 2. The molecule has 0 unspecified atom stereocenters. The zero-order valence-electron chi connectivity index (χ0n) is 11.7. The van der Waals surface area contributed by atoms with Gasteiger partial charge in [-0.1, -0.05) is 13.3 Å². The fraction of sp³-hybridized carbons (Fsp3) is 1.00. The van der Waals surface area contributed by atoms with Crippen LogP contribution in [0.1, 0.15) is 58.8 Å². The molecule has 0 aromatic carbocycles. The number of aliphatic hydroxyl groups is 1. The van der Waals surface area contributed by atoms with Gasteiger partial charge >= 0.3 is 0 Å². The number of hydrogen-bond donors (Lipinski definition) is 1. The fourth-order valence-corrected chi connectivity index (χ4v) is 4.76. The van der Waals surface area contributed by atoms with Crippen LogP contribution in [0.5, 0.6) is 0 Å². The highest BCUT2D eigenvalue weighted by Gasteiger charge is 2.62. The second-order valence-corrected chi connectivity index (χ2v) is 6.54. The van der Waals surface area contributed by atoms with Gasteiger partial charge in [0, 0.05) is 18.4 Å². The first-order valence-electron chi connectivity index (χ1n) is 7.59. The molecule has 0 aromatic heterocycles. The van der Waals surface area contributed by atoms with Crippen molar-refractivity contribution in [1.82, 2.24) is 0 Å². The van der Waals surface area contributed by atoms with E-state index in [1.807, 2.05) is 6.92 Å². The van der Waals surface area contributed by atoms with Gasteiger partial charge in [0.05, 0.1) is 11.7 Å². The summed E-state index contributed by atoms with van der Waals surface area (Å²) in [7, 11) is 0. The van der Waals surface area contributed by atoms with Crippen molar-refractivity contribution < 1.29 is 14.6 Å². The average Bonchev–Trinajstić information content (AvgIpc) is 2.32. The molecule has 3 aliphatic rings. The minimum absolute atomic E-state index is 0.0430. The van der Waals surface area contributed by atoms with E-state index >= 15 is 0 Å². The minimum Gasteiger partial charge on any atom is -0.389 e. The molecule has 1 aliphatic heterocycles. The molecule has 1 saturated heterocycles. The van der Waals surface area contributed by atoms with E-state index in [2.05, 4.69) is 6.92 Å². The molecule has 0 spiro atoms. The lowest BCUT2D eigenvalue weighted by Crippen LogP contribution is -2.65. The molecule has 3 heteroatoms. The Kier molecular flexibility index (Phi) is 3.20. The van der Waals surface area contributed by atoms with Crippen molar-refractivity contribution in [2.24, 2.45) is 11.3 Å². The normalized spacial score (nSPS) is 51.8. The second kappa shape index (κ2) is 4.46. The second-order valence-electron chi connectivity index (χ2n) is 6.54. The Morgan fingerprint density at radius 3 is 2.72 bits per heavy atom. The molecule has 0 aromatic rings. The first-order chi connectivity index (χ1) is 8.60. The largest absolute Gasteiger partial charge is 0.389 e. The molecule has 2 aliphatic carbocycles. The Labute approximate surface area is 110 Å². The molecular formula is C15H26O3. The molecule has 3 nitrogen and oxygen atoms in total. The lowest BCUT2D eigenvalue weighted by Gasteiger charge is -2.62. The van der Waals surface area contributed by atoms with Gasteiger partial charge in [-0.15, -0.1) is 0 Å². The van der Waals surface area contributed by atoms with Crippen LogP contribution in [0, 0.1) is 11.3 Å². The Morgan fingerprint density at radius 2 is 2.00 bits per heavy atom. The van der Waals surface area contributed by atoms with Crippen molar-refractivity contribution >= 4 is 0 Å². The third kappa shape index (κ3) is 1.67. The quantitative estimate of drug-likeness (QED) is 0.823. The van der Waals surface area contributed by atoms with Crippen LogP contribution in [-0.4, -0.2) is 29.7 Å². The van der Waals surface area contributed by atoms with Gasteiger partial charge in [-0.25, -0.2) is 0 Å². The molecule has 3 fully saturated rings. The van der Waals surface area contributed by atoms with E-state index in [0.717, 1.165) is 38.5 Å². The first-order valence-corrected chi connectivity index (χ1v) is 7.59. The summed E-state index contributed by atoms with van der Waals surface area (Å²) in [6, 6.07) is 0. The highest BCUT2D eigenvalue weighted by Crippen LogP contribution is 2.60. The Hall–Kier alpha value is -0.120. The molecule has 5 atom stereocenters. The smallest absolute Gasteiger partial charge is 0.158 e.